The van der Waals surface area contributed by atoms with Gasteiger partial charge >= 0.3 is 0 Å². The van der Waals surface area contributed by atoms with Crippen molar-refractivity contribution >= 4 is 23.0 Å². The highest BCUT2D eigenvalue weighted by Gasteiger charge is 2.36. The Morgan fingerprint density at radius 1 is 1.03 bits per heavy atom. The van der Waals surface area contributed by atoms with Gasteiger partial charge in [0.15, 0.2) is 5.65 Å². The van der Waals surface area contributed by atoms with Gasteiger partial charge in [0.1, 0.15) is 17.5 Å². The standard InChI is InChI=1S/C26H28FN7O4/c27-18-4-6-19(7-5-18)34-22-20(14-30-34)23(35)33(17-29-22)16-26(37)8-12-31(13-9-26)24(36)21-15-28-25(38-21)32-10-2-1-3-11-32/h4-7,14-15,17,37H,1-3,8-13,16H2. The second-order valence-corrected chi connectivity index (χ2v) is 10.0. The number of fused-ring (bicyclic) bond motifs is 1. The lowest BCUT2D eigenvalue weighted by molar-refractivity contribution is -0.0304. The van der Waals surface area contributed by atoms with Gasteiger partial charge in [0, 0.05) is 26.2 Å². The van der Waals surface area contributed by atoms with Crippen molar-refractivity contribution in [3.63, 3.8) is 0 Å². The topological polar surface area (TPSA) is 123 Å². The van der Waals surface area contributed by atoms with Crippen LogP contribution in [0.4, 0.5) is 10.4 Å². The van der Waals surface area contributed by atoms with E-state index in [1.54, 1.807) is 17.0 Å². The van der Waals surface area contributed by atoms with E-state index in [4.69, 9.17) is 4.42 Å². The number of likely N-dealkylation sites (tertiary alicyclic amines) is 1. The zero-order chi connectivity index (χ0) is 26.3. The molecule has 1 amide bonds. The van der Waals surface area contributed by atoms with Gasteiger partial charge in [-0.15, -0.1) is 0 Å². The van der Waals surface area contributed by atoms with Crippen molar-refractivity contribution in [1.82, 2.24) is 29.2 Å². The molecule has 12 heteroatoms. The summed E-state index contributed by atoms with van der Waals surface area (Å²) in [6.45, 7) is 2.43. The fourth-order valence-electron chi connectivity index (χ4n) is 5.18. The lowest BCUT2D eigenvalue weighted by atomic mass is 9.91. The largest absolute Gasteiger partial charge is 0.418 e. The second-order valence-electron chi connectivity index (χ2n) is 10.0. The smallest absolute Gasteiger partial charge is 0.297 e. The van der Waals surface area contributed by atoms with Crippen molar-refractivity contribution < 1.29 is 18.7 Å². The number of amides is 1. The molecular weight excluding hydrogens is 493 g/mol. The first-order valence-corrected chi connectivity index (χ1v) is 12.8. The number of benzene rings is 1. The van der Waals surface area contributed by atoms with Crippen LogP contribution in [-0.2, 0) is 6.54 Å². The van der Waals surface area contributed by atoms with Gasteiger partial charge in [0.2, 0.25) is 5.76 Å². The third kappa shape index (κ3) is 4.55. The molecule has 5 heterocycles. The molecule has 3 aromatic heterocycles. The van der Waals surface area contributed by atoms with Crippen LogP contribution in [-0.4, -0.2) is 72.0 Å². The number of aliphatic hydroxyl groups is 1. The lowest BCUT2D eigenvalue weighted by Crippen LogP contribution is -2.49. The first kappa shape index (κ1) is 24.3. The zero-order valence-electron chi connectivity index (χ0n) is 20.8. The Morgan fingerprint density at radius 2 is 1.76 bits per heavy atom. The van der Waals surface area contributed by atoms with E-state index in [9.17, 15) is 19.1 Å². The molecule has 2 aliphatic heterocycles. The van der Waals surface area contributed by atoms with E-state index in [2.05, 4.69) is 20.0 Å². The highest BCUT2D eigenvalue weighted by atomic mass is 19.1. The summed E-state index contributed by atoms with van der Waals surface area (Å²) >= 11 is 0. The predicted octanol–water partition coefficient (Wildman–Crippen LogP) is 2.37. The van der Waals surface area contributed by atoms with Crippen LogP contribution in [0.2, 0.25) is 0 Å². The predicted molar refractivity (Wildman–Crippen MR) is 136 cm³/mol. The Kier molecular flexibility index (Phi) is 6.18. The maximum absolute atomic E-state index is 13.3. The number of hydrogen-bond donors (Lipinski definition) is 1. The van der Waals surface area contributed by atoms with Gasteiger partial charge in [-0.3, -0.25) is 14.2 Å². The molecule has 6 rings (SSSR count). The van der Waals surface area contributed by atoms with Gasteiger partial charge in [-0.1, -0.05) is 0 Å². The SMILES string of the molecule is O=C(c1cnc(N2CCCCC2)o1)N1CCC(O)(Cn2cnc3c(cnn3-c3ccc(F)cc3)c2=O)CC1. The number of rotatable bonds is 5. The summed E-state index contributed by atoms with van der Waals surface area (Å²) in [6.07, 6.45) is 8.23. The Balaban J connectivity index is 1.13. The fraction of sp³-hybridized carbons (Fsp3) is 0.423. The van der Waals surface area contributed by atoms with E-state index in [0.717, 1.165) is 25.9 Å². The van der Waals surface area contributed by atoms with E-state index in [1.165, 1.54) is 46.5 Å². The Hall–Kier alpha value is -4.06. The minimum Gasteiger partial charge on any atom is -0.418 e. The van der Waals surface area contributed by atoms with Crippen molar-refractivity contribution in [3.8, 4) is 5.69 Å². The molecule has 11 nitrogen and oxygen atoms in total. The summed E-state index contributed by atoms with van der Waals surface area (Å²) in [7, 11) is 0. The lowest BCUT2D eigenvalue weighted by Gasteiger charge is -2.38. The quantitative estimate of drug-likeness (QED) is 0.425. The van der Waals surface area contributed by atoms with Crippen LogP contribution in [0.3, 0.4) is 0 Å². The number of carbonyl (C=O) groups excluding carboxylic acids is 1. The van der Waals surface area contributed by atoms with Gasteiger partial charge in [0.05, 0.1) is 30.2 Å². The van der Waals surface area contributed by atoms with Crippen LogP contribution in [0.15, 0.2) is 52.2 Å². The molecular formula is C26H28FN7O4. The van der Waals surface area contributed by atoms with Crippen molar-refractivity contribution in [1.29, 1.82) is 0 Å². The van der Waals surface area contributed by atoms with Crippen LogP contribution in [0.25, 0.3) is 16.7 Å². The molecule has 38 heavy (non-hydrogen) atoms. The van der Waals surface area contributed by atoms with E-state index in [0.29, 0.717) is 48.7 Å². The Labute approximate surface area is 217 Å². The fourth-order valence-corrected chi connectivity index (χ4v) is 5.18. The first-order chi connectivity index (χ1) is 18.4. The molecule has 0 radical (unpaired) electrons. The van der Waals surface area contributed by atoms with Crippen molar-refractivity contribution in [2.45, 2.75) is 44.2 Å². The normalized spacial score (nSPS) is 17.7. The molecule has 2 saturated heterocycles. The molecule has 0 atom stereocenters. The van der Waals surface area contributed by atoms with Crippen molar-refractivity contribution in [3.05, 3.63) is 64.9 Å². The number of anilines is 1. The summed E-state index contributed by atoms with van der Waals surface area (Å²) in [5, 5.41) is 15.8. The van der Waals surface area contributed by atoms with Gasteiger partial charge in [-0.2, -0.15) is 5.10 Å². The van der Waals surface area contributed by atoms with E-state index >= 15 is 0 Å². The minimum atomic E-state index is -1.18. The van der Waals surface area contributed by atoms with Crippen LogP contribution in [0.5, 0.6) is 0 Å². The Morgan fingerprint density at radius 3 is 2.50 bits per heavy atom. The number of halogens is 1. The summed E-state index contributed by atoms with van der Waals surface area (Å²) in [6, 6.07) is 6.21. The van der Waals surface area contributed by atoms with Gasteiger partial charge < -0.3 is 19.3 Å². The maximum Gasteiger partial charge on any atom is 0.297 e. The second kappa shape index (κ2) is 9.67. The van der Waals surface area contributed by atoms with Gasteiger partial charge in [-0.25, -0.2) is 19.0 Å². The van der Waals surface area contributed by atoms with Crippen molar-refractivity contribution in [2.24, 2.45) is 0 Å². The molecule has 4 aromatic rings. The Bertz CT molecular complexity index is 1510. The molecule has 0 aliphatic carbocycles. The molecule has 1 aromatic carbocycles. The summed E-state index contributed by atoms with van der Waals surface area (Å²) in [5.74, 6) is -0.430. The van der Waals surface area contributed by atoms with Crippen LogP contribution in [0.1, 0.15) is 42.7 Å². The molecule has 0 unspecified atom stereocenters. The third-order valence-corrected chi connectivity index (χ3v) is 7.40. The van der Waals surface area contributed by atoms with E-state index in [-0.39, 0.29) is 29.6 Å². The highest BCUT2D eigenvalue weighted by molar-refractivity contribution is 5.91. The number of aromatic nitrogens is 5. The number of carbonyl (C=O) groups is 1. The average molecular weight is 522 g/mol. The minimum absolute atomic E-state index is 0.0416. The number of hydrogen-bond acceptors (Lipinski definition) is 8. The molecule has 1 N–H and O–H groups in total. The zero-order valence-corrected chi connectivity index (χ0v) is 20.8. The van der Waals surface area contributed by atoms with Gasteiger partial charge in [0.25, 0.3) is 17.5 Å². The summed E-state index contributed by atoms with van der Waals surface area (Å²) in [5.41, 5.74) is -0.580. The third-order valence-electron chi connectivity index (χ3n) is 7.40. The molecule has 2 aliphatic rings. The number of nitrogens with zero attached hydrogens (tertiary/aromatic N) is 7. The van der Waals surface area contributed by atoms with Crippen LogP contribution >= 0.6 is 0 Å². The molecule has 0 saturated carbocycles. The van der Waals surface area contributed by atoms with E-state index < -0.39 is 5.60 Å². The number of oxazole rings is 1. The van der Waals surface area contributed by atoms with E-state index in [1.807, 2.05) is 0 Å². The summed E-state index contributed by atoms with van der Waals surface area (Å²) in [4.78, 5) is 38.5. The highest BCUT2D eigenvalue weighted by Crippen LogP contribution is 2.26. The molecule has 0 bridgehead atoms. The maximum atomic E-state index is 13.3. The summed E-state index contributed by atoms with van der Waals surface area (Å²) < 4.78 is 21.9. The van der Waals surface area contributed by atoms with Crippen LogP contribution < -0.4 is 10.5 Å². The number of piperidine rings is 2. The van der Waals surface area contributed by atoms with Crippen LogP contribution in [0, 0.1) is 5.82 Å². The first-order valence-electron chi connectivity index (χ1n) is 12.8. The van der Waals surface area contributed by atoms with Crippen molar-refractivity contribution in [2.75, 3.05) is 31.1 Å². The monoisotopic (exact) mass is 521 g/mol. The molecule has 198 valence electrons. The molecule has 0 spiro atoms. The van der Waals surface area contributed by atoms with Gasteiger partial charge in [-0.05, 0) is 56.4 Å². The average Bonchev–Trinajstić information content (AvgIpc) is 3.60. The molecule has 2 fully saturated rings.